The molecule has 2 unspecified atom stereocenters. The van der Waals surface area contributed by atoms with E-state index in [1.165, 1.54) is 120 Å². The molecule has 0 amide bonds. The smallest absolute Gasteiger partial charge is 0.0146 e. The number of benzene rings is 8. The maximum atomic E-state index is 2.54. The fourth-order valence-electron chi connectivity index (χ4n) is 9.33. The largest absolute Gasteiger partial charge is 0.0654 e. The lowest BCUT2D eigenvalue weighted by molar-refractivity contribution is 0.486. The Morgan fingerprint density at radius 1 is 0.439 bits per heavy atom. The Balaban J connectivity index is 1.33. The standard InChI is InChI=1S/C57H58/c1-7-15-39(3)23-24-41-25-33-51-53(35-41)55(47-20-14-19-46(36-47)43-28-31-50(32-29-43)57(5,6)49-21-10-9-11-22-49)52-34-30-44(40(4)16-8-2)38-54(52)56(51)48-27-26-42-17-12-13-18-45(42)37-48/h9-14,17-22,25-40H,7-8,15-16,23-24H2,1-6H3. The summed E-state index contributed by atoms with van der Waals surface area (Å²) in [7, 11) is 0. The van der Waals surface area contributed by atoms with E-state index in [9.17, 15) is 0 Å². The summed E-state index contributed by atoms with van der Waals surface area (Å²) in [5, 5.41) is 7.90. The Kier molecular flexibility index (Phi) is 11.2. The zero-order valence-electron chi connectivity index (χ0n) is 34.9. The number of hydrogen-bond acceptors (Lipinski definition) is 0. The van der Waals surface area contributed by atoms with E-state index in [2.05, 4.69) is 199 Å². The summed E-state index contributed by atoms with van der Waals surface area (Å²) >= 11 is 0. The van der Waals surface area contributed by atoms with Crippen molar-refractivity contribution in [1.82, 2.24) is 0 Å². The summed E-state index contributed by atoms with van der Waals surface area (Å²) in [4.78, 5) is 0. The van der Waals surface area contributed by atoms with E-state index in [0.717, 1.165) is 12.3 Å². The SMILES string of the molecule is CCCC(C)CCc1ccc2c(-c3ccc4ccccc4c3)c3cc(C(C)CCC)ccc3c(-c3cccc(-c4ccc(C(C)(C)c5ccccc5)cc4)c3)c2c1. The molecule has 0 aliphatic heterocycles. The van der Waals surface area contributed by atoms with Crippen LogP contribution in [-0.2, 0) is 11.8 Å². The van der Waals surface area contributed by atoms with Gasteiger partial charge in [-0.2, -0.15) is 0 Å². The third-order valence-electron chi connectivity index (χ3n) is 12.8. The predicted octanol–water partition coefficient (Wildman–Crippen LogP) is 16.7. The quantitative estimate of drug-likeness (QED) is 0.103. The first kappa shape index (κ1) is 38.4. The van der Waals surface area contributed by atoms with E-state index in [-0.39, 0.29) is 5.41 Å². The molecule has 0 aromatic heterocycles. The number of fused-ring (bicyclic) bond motifs is 3. The molecule has 0 aliphatic carbocycles. The van der Waals surface area contributed by atoms with Crippen molar-refractivity contribution in [3.63, 3.8) is 0 Å². The van der Waals surface area contributed by atoms with Crippen LogP contribution in [0.3, 0.4) is 0 Å². The monoisotopic (exact) mass is 742 g/mol. The van der Waals surface area contributed by atoms with Crippen molar-refractivity contribution in [3.05, 3.63) is 180 Å². The summed E-state index contributed by atoms with van der Waals surface area (Å²) in [6.45, 7) is 14.1. The summed E-state index contributed by atoms with van der Waals surface area (Å²) in [5.41, 5.74) is 13.2. The molecular formula is C57H58. The van der Waals surface area contributed by atoms with E-state index in [1.807, 2.05) is 0 Å². The number of aryl methyl sites for hydroxylation is 1. The molecule has 0 bridgehead atoms. The summed E-state index contributed by atoms with van der Waals surface area (Å²) in [5.74, 6) is 1.22. The third kappa shape index (κ3) is 7.80. The highest BCUT2D eigenvalue weighted by Gasteiger charge is 2.23. The molecule has 8 aromatic carbocycles. The van der Waals surface area contributed by atoms with Gasteiger partial charge in [-0.3, -0.25) is 0 Å². The Morgan fingerprint density at radius 2 is 1.05 bits per heavy atom. The highest BCUT2D eigenvalue weighted by atomic mass is 14.3. The van der Waals surface area contributed by atoms with Crippen molar-refractivity contribution in [3.8, 4) is 33.4 Å². The summed E-state index contributed by atoms with van der Waals surface area (Å²) in [6.07, 6.45) is 7.19. The van der Waals surface area contributed by atoms with Crippen molar-refractivity contribution in [2.24, 2.45) is 5.92 Å². The molecule has 8 aromatic rings. The van der Waals surface area contributed by atoms with Gasteiger partial charge in [-0.05, 0) is 131 Å². The van der Waals surface area contributed by atoms with Gasteiger partial charge in [0, 0.05) is 5.41 Å². The van der Waals surface area contributed by atoms with Crippen LogP contribution >= 0.6 is 0 Å². The fourth-order valence-corrected chi connectivity index (χ4v) is 9.33. The van der Waals surface area contributed by atoms with E-state index in [0.29, 0.717) is 5.92 Å². The minimum Gasteiger partial charge on any atom is -0.0654 e. The molecule has 0 saturated carbocycles. The Morgan fingerprint density at radius 3 is 1.79 bits per heavy atom. The average Bonchev–Trinajstić information content (AvgIpc) is 3.25. The van der Waals surface area contributed by atoms with E-state index < -0.39 is 0 Å². The topological polar surface area (TPSA) is 0 Å². The zero-order valence-corrected chi connectivity index (χ0v) is 34.9. The summed E-state index contributed by atoms with van der Waals surface area (Å²) < 4.78 is 0. The van der Waals surface area contributed by atoms with Crippen LogP contribution in [0.25, 0.3) is 65.7 Å². The molecular weight excluding hydrogens is 685 g/mol. The van der Waals surface area contributed by atoms with Crippen LogP contribution in [0, 0.1) is 5.92 Å². The Hall–Kier alpha value is -5.46. The van der Waals surface area contributed by atoms with Gasteiger partial charge in [0.05, 0.1) is 0 Å². The minimum absolute atomic E-state index is 0.0776. The summed E-state index contributed by atoms with van der Waals surface area (Å²) in [6, 6.07) is 60.1. The van der Waals surface area contributed by atoms with Gasteiger partial charge >= 0.3 is 0 Å². The first-order chi connectivity index (χ1) is 27.7. The number of hydrogen-bond donors (Lipinski definition) is 0. The highest BCUT2D eigenvalue weighted by Crippen LogP contribution is 2.46. The van der Waals surface area contributed by atoms with Crippen molar-refractivity contribution in [1.29, 1.82) is 0 Å². The van der Waals surface area contributed by atoms with Crippen molar-refractivity contribution in [2.45, 2.75) is 91.4 Å². The second-order valence-electron chi connectivity index (χ2n) is 17.3. The van der Waals surface area contributed by atoms with Gasteiger partial charge in [0.25, 0.3) is 0 Å². The lowest BCUT2D eigenvalue weighted by Gasteiger charge is -2.26. The first-order valence-electron chi connectivity index (χ1n) is 21.5. The van der Waals surface area contributed by atoms with Crippen molar-refractivity contribution >= 4 is 32.3 Å². The van der Waals surface area contributed by atoms with E-state index in [4.69, 9.17) is 0 Å². The van der Waals surface area contributed by atoms with Crippen molar-refractivity contribution in [2.75, 3.05) is 0 Å². The van der Waals surface area contributed by atoms with Crippen LogP contribution < -0.4 is 0 Å². The van der Waals surface area contributed by atoms with Crippen LogP contribution in [0.15, 0.2) is 158 Å². The molecule has 0 aliphatic rings. The van der Waals surface area contributed by atoms with Gasteiger partial charge in [0.1, 0.15) is 0 Å². The Bertz CT molecular complexity index is 2640. The Labute approximate surface area is 341 Å². The molecule has 0 heterocycles. The van der Waals surface area contributed by atoms with E-state index in [1.54, 1.807) is 0 Å². The zero-order chi connectivity index (χ0) is 39.5. The van der Waals surface area contributed by atoms with Gasteiger partial charge in [-0.1, -0.05) is 206 Å². The van der Waals surface area contributed by atoms with Gasteiger partial charge < -0.3 is 0 Å². The predicted molar refractivity (Wildman–Crippen MR) is 250 cm³/mol. The van der Waals surface area contributed by atoms with Crippen LogP contribution in [0.4, 0.5) is 0 Å². The maximum absolute atomic E-state index is 2.54. The lowest BCUT2D eigenvalue weighted by Crippen LogP contribution is -2.18. The fraction of sp³-hybridized carbons (Fsp3) is 0.263. The van der Waals surface area contributed by atoms with Crippen LogP contribution in [-0.4, -0.2) is 0 Å². The second kappa shape index (κ2) is 16.6. The average molecular weight is 743 g/mol. The third-order valence-corrected chi connectivity index (χ3v) is 12.8. The van der Waals surface area contributed by atoms with Crippen LogP contribution in [0.5, 0.6) is 0 Å². The van der Waals surface area contributed by atoms with Crippen LogP contribution in [0.2, 0.25) is 0 Å². The molecule has 0 N–H and O–H groups in total. The van der Waals surface area contributed by atoms with E-state index >= 15 is 0 Å². The van der Waals surface area contributed by atoms with Crippen LogP contribution in [0.1, 0.15) is 102 Å². The molecule has 286 valence electrons. The molecule has 0 nitrogen and oxygen atoms in total. The molecule has 0 radical (unpaired) electrons. The van der Waals surface area contributed by atoms with Gasteiger partial charge in [0.2, 0.25) is 0 Å². The lowest BCUT2D eigenvalue weighted by atomic mass is 9.78. The first-order valence-corrected chi connectivity index (χ1v) is 21.5. The highest BCUT2D eigenvalue weighted by molar-refractivity contribution is 6.22. The van der Waals surface area contributed by atoms with Gasteiger partial charge in [0.15, 0.2) is 0 Å². The van der Waals surface area contributed by atoms with Crippen molar-refractivity contribution < 1.29 is 0 Å². The van der Waals surface area contributed by atoms with Gasteiger partial charge in [-0.25, -0.2) is 0 Å². The molecule has 0 fully saturated rings. The molecule has 0 saturated heterocycles. The molecule has 8 rings (SSSR count). The van der Waals surface area contributed by atoms with Gasteiger partial charge in [-0.15, -0.1) is 0 Å². The minimum atomic E-state index is -0.0776. The number of rotatable bonds is 13. The second-order valence-corrected chi connectivity index (χ2v) is 17.3. The molecule has 0 heteroatoms. The molecule has 57 heavy (non-hydrogen) atoms. The molecule has 2 atom stereocenters. The maximum Gasteiger partial charge on any atom is 0.0146 e. The normalized spacial score (nSPS) is 13.0. The molecule has 0 spiro atoms.